The average molecular weight is 374 g/mol. The van der Waals surface area contributed by atoms with E-state index in [2.05, 4.69) is 36.3 Å². The Hall–Kier alpha value is -2.41. The second-order valence-corrected chi connectivity index (χ2v) is 6.23. The summed E-state index contributed by atoms with van der Waals surface area (Å²) in [6.45, 7) is 5.45. The zero-order valence-corrected chi connectivity index (χ0v) is 14.6. The van der Waals surface area contributed by atoms with Crippen molar-refractivity contribution in [2.24, 2.45) is 0 Å². The van der Waals surface area contributed by atoms with E-state index in [1.807, 2.05) is 44.2 Å². The fourth-order valence-electron chi connectivity index (χ4n) is 2.16. The molecular formula is C16H16BrN5O. The van der Waals surface area contributed by atoms with Gasteiger partial charge in [-0.05, 0) is 45.0 Å². The first kappa shape index (κ1) is 15.5. The Bertz CT molecular complexity index is 911. The first-order valence-electron chi connectivity index (χ1n) is 7.11. The molecule has 0 saturated heterocycles. The molecule has 0 fully saturated rings. The number of rotatable bonds is 3. The van der Waals surface area contributed by atoms with Gasteiger partial charge in [-0.3, -0.25) is 9.78 Å². The Morgan fingerprint density at radius 2 is 1.87 bits per heavy atom. The van der Waals surface area contributed by atoms with E-state index in [-0.39, 0.29) is 5.56 Å². The molecule has 0 spiro atoms. The van der Waals surface area contributed by atoms with Crippen molar-refractivity contribution in [2.75, 3.05) is 5.32 Å². The number of aromatic amines is 1. The molecule has 1 aromatic carbocycles. The molecule has 2 aromatic heterocycles. The molecule has 6 nitrogen and oxygen atoms in total. The van der Waals surface area contributed by atoms with Crippen molar-refractivity contribution in [3.05, 3.63) is 62.1 Å². The van der Waals surface area contributed by atoms with Crippen LogP contribution in [0.25, 0.3) is 5.95 Å². The van der Waals surface area contributed by atoms with E-state index in [1.54, 1.807) is 11.6 Å². The van der Waals surface area contributed by atoms with Gasteiger partial charge in [0, 0.05) is 27.5 Å². The molecule has 3 aromatic rings. The van der Waals surface area contributed by atoms with Gasteiger partial charge in [0.15, 0.2) is 0 Å². The van der Waals surface area contributed by atoms with Gasteiger partial charge in [-0.15, -0.1) is 0 Å². The number of nitrogens with zero attached hydrogens (tertiary/aromatic N) is 3. The Balaban J connectivity index is 2.04. The third kappa shape index (κ3) is 3.19. The number of halogens is 1. The maximum absolute atomic E-state index is 12.0. The third-order valence-corrected chi connectivity index (χ3v) is 4.06. The van der Waals surface area contributed by atoms with Crippen LogP contribution in [-0.2, 0) is 0 Å². The molecule has 0 saturated carbocycles. The van der Waals surface area contributed by atoms with E-state index in [0.717, 1.165) is 21.7 Å². The molecule has 118 valence electrons. The second-order valence-electron chi connectivity index (χ2n) is 5.31. The summed E-state index contributed by atoms with van der Waals surface area (Å²) < 4.78 is 2.61. The van der Waals surface area contributed by atoms with Crippen molar-refractivity contribution >= 4 is 27.4 Å². The quantitative estimate of drug-likeness (QED) is 0.737. The maximum Gasteiger partial charge on any atom is 0.255 e. The Labute approximate surface area is 141 Å². The molecule has 0 aliphatic carbocycles. The summed E-state index contributed by atoms with van der Waals surface area (Å²) in [6.07, 6.45) is 0. The number of hydrogen-bond donors (Lipinski definition) is 2. The van der Waals surface area contributed by atoms with Crippen LogP contribution in [-0.4, -0.2) is 19.7 Å². The highest BCUT2D eigenvalue weighted by molar-refractivity contribution is 9.10. The first-order valence-corrected chi connectivity index (χ1v) is 7.90. The summed E-state index contributed by atoms with van der Waals surface area (Å²) in [6, 6.07) is 9.70. The fraction of sp³-hybridized carbons (Fsp3) is 0.188. The highest BCUT2D eigenvalue weighted by Gasteiger charge is 2.12. The van der Waals surface area contributed by atoms with Crippen molar-refractivity contribution in [3.8, 4) is 5.95 Å². The van der Waals surface area contributed by atoms with Gasteiger partial charge in [-0.2, -0.15) is 9.78 Å². The first-order chi connectivity index (χ1) is 10.9. The standard InChI is InChI=1S/C16H16BrN5O/c1-9-8-14(19-13-6-4-12(17)5-7-13)22(21-9)16-18-11(3)10(2)15(23)20-16/h4-8,19H,1-3H3,(H,18,20,23). The topological polar surface area (TPSA) is 75.6 Å². The summed E-state index contributed by atoms with van der Waals surface area (Å²) in [7, 11) is 0. The van der Waals surface area contributed by atoms with Gasteiger partial charge in [0.1, 0.15) is 5.82 Å². The molecule has 2 N–H and O–H groups in total. The molecule has 0 unspecified atom stereocenters. The normalized spacial score (nSPS) is 10.8. The fourth-order valence-corrected chi connectivity index (χ4v) is 2.43. The van der Waals surface area contributed by atoms with E-state index < -0.39 is 0 Å². The second kappa shape index (κ2) is 6.00. The number of anilines is 2. The minimum absolute atomic E-state index is 0.157. The van der Waals surface area contributed by atoms with E-state index in [1.165, 1.54) is 0 Å². The molecule has 0 bridgehead atoms. The van der Waals surface area contributed by atoms with Gasteiger partial charge in [0.25, 0.3) is 5.56 Å². The van der Waals surface area contributed by atoms with Crippen molar-refractivity contribution in [1.29, 1.82) is 0 Å². The Morgan fingerprint density at radius 3 is 2.52 bits per heavy atom. The van der Waals surface area contributed by atoms with E-state index in [4.69, 9.17) is 0 Å². The summed E-state index contributed by atoms with van der Waals surface area (Å²) in [5.74, 6) is 1.13. The number of aryl methyl sites for hydroxylation is 2. The molecule has 0 aliphatic heterocycles. The summed E-state index contributed by atoms with van der Waals surface area (Å²) >= 11 is 3.41. The van der Waals surface area contributed by atoms with Gasteiger partial charge in [0.2, 0.25) is 5.95 Å². The minimum Gasteiger partial charge on any atom is -0.340 e. The van der Waals surface area contributed by atoms with Gasteiger partial charge >= 0.3 is 0 Å². The molecule has 3 rings (SSSR count). The number of H-pyrrole nitrogens is 1. The van der Waals surface area contributed by atoms with Crippen LogP contribution in [0, 0.1) is 20.8 Å². The summed E-state index contributed by atoms with van der Waals surface area (Å²) in [4.78, 5) is 19.2. The van der Waals surface area contributed by atoms with Crippen LogP contribution in [0.1, 0.15) is 17.0 Å². The molecule has 2 heterocycles. The van der Waals surface area contributed by atoms with Crippen molar-refractivity contribution in [3.63, 3.8) is 0 Å². The van der Waals surface area contributed by atoms with Gasteiger partial charge in [-0.1, -0.05) is 15.9 Å². The van der Waals surface area contributed by atoms with Gasteiger partial charge in [-0.25, -0.2) is 4.98 Å². The van der Waals surface area contributed by atoms with Crippen LogP contribution in [0.5, 0.6) is 0 Å². The minimum atomic E-state index is -0.157. The Morgan fingerprint density at radius 1 is 1.17 bits per heavy atom. The van der Waals surface area contributed by atoms with Gasteiger partial charge in [0.05, 0.1) is 5.69 Å². The number of aromatic nitrogens is 4. The van der Waals surface area contributed by atoms with E-state index in [9.17, 15) is 4.79 Å². The summed E-state index contributed by atoms with van der Waals surface area (Å²) in [5.41, 5.74) is 2.88. The predicted octanol–water partition coefficient (Wildman–Crippen LogP) is 3.39. The van der Waals surface area contributed by atoms with Crippen molar-refractivity contribution < 1.29 is 0 Å². The SMILES string of the molecule is Cc1cc(Nc2ccc(Br)cc2)n(-c2nc(C)c(C)c(=O)[nH]2)n1. The van der Waals surface area contributed by atoms with Crippen molar-refractivity contribution in [2.45, 2.75) is 20.8 Å². The molecular weight excluding hydrogens is 358 g/mol. The van der Waals surface area contributed by atoms with Crippen molar-refractivity contribution in [1.82, 2.24) is 19.7 Å². The van der Waals surface area contributed by atoms with Crippen LogP contribution in [0.15, 0.2) is 39.6 Å². The zero-order chi connectivity index (χ0) is 16.6. The third-order valence-electron chi connectivity index (χ3n) is 3.53. The Kier molecular flexibility index (Phi) is 4.04. The van der Waals surface area contributed by atoms with Crippen LogP contribution < -0.4 is 10.9 Å². The number of nitrogens with one attached hydrogen (secondary N) is 2. The monoisotopic (exact) mass is 373 g/mol. The molecule has 7 heteroatoms. The lowest BCUT2D eigenvalue weighted by Crippen LogP contribution is -2.18. The lowest BCUT2D eigenvalue weighted by molar-refractivity contribution is 0.786. The molecule has 0 atom stereocenters. The molecule has 0 radical (unpaired) electrons. The van der Waals surface area contributed by atoms with E-state index in [0.29, 0.717) is 17.2 Å². The number of benzene rings is 1. The largest absolute Gasteiger partial charge is 0.340 e. The smallest absolute Gasteiger partial charge is 0.255 e. The van der Waals surface area contributed by atoms with Crippen LogP contribution in [0.4, 0.5) is 11.5 Å². The molecule has 0 aliphatic rings. The highest BCUT2D eigenvalue weighted by atomic mass is 79.9. The lowest BCUT2D eigenvalue weighted by Gasteiger charge is -2.10. The van der Waals surface area contributed by atoms with Crippen LogP contribution >= 0.6 is 15.9 Å². The van der Waals surface area contributed by atoms with Crippen LogP contribution in [0.3, 0.4) is 0 Å². The average Bonchev–Trinajstić information content (AvgIpc) is 2.87. The van der Waals surface area contributed by atoms with E-state index >= 15 is 0 Å². The highest BCUT2D eigenvalue weighted by Crippen LogP contribution is 2.21. The number of hydrogen-bond acceptors (Lipinski definition) is 4. The summed E-state index contributed by atoms with van der Waals surface area (Å²) in [5, 5.41) is 7.71. The maximum atomic E-state index is 12.0. The zero-order valence-electron chi connectivity index (χ0n) is 13.0. The molecule has 0 amide bonds. The van der Waals surface area contributed by atoms with Gasteiger partial charge < -0.3 is 5.32 Å². The predicted molar refractivity (Wildman–Crippen MR) is 93.6 cm³/mol. The lowest BCUT2D eigenvalue weighted by atomic mass is 10.3. The molecule has 23 heavy (non-hydrogen) atoms. The van der Waals surface area contributed by atoms with Crippen LogP contribution in [0.2, 0.25) is 0 Å².